The first-order chi connectivity index (χ1) is 20.3. The SMILES string of the molecule is C#CCOCc1cc(NC(=O)[C@H](CCCNC(N)=O)N(CC2c3ccccc3-c3ccccc32)C(=O)O)ccc1CO. The Morgan fingerprint density at radius 3 is 2.29 bits per heavy atom. The van der Waals surface area contributed by atoms with Crippen LogP contribution in [0.5, 0.6) is 0 Å². The van der Waals surface area contributed by atoms with E-state index < -0.39 is 24.1 Å². The van der Waals surface area contributed by atoms with Crippen molar-refractivity contribution in [2.45, 2.75) is 38.0 Å². The highest BCUT2D eigenvalue weighted by atomic mass is 16.5. The summed E-state index contributed by atoms with van der Waals surface area (Å²) in [7, 11) is 0. The fourth-order valence-corrected chi connectivity index (χ4v) is 5.37. The minimum absolute atomic E-state index is 0.0549. The zero-order chi connectivity index (χ0) is 30.1. The largest absolute Gasteiger partial charge is 0.465 e. The van der Waals surface area contributed by atoms with Crippen molar-refractivity contribution < 1.29 is 29.3 Å². The van der Waals surface area contributed by atoms with Gasteiger partial charge in [0.1, 0.15) is 12.6 Å². The summed E-state index contributed by atoms with van der Waals surface area (Å²) in [6.45, 7) is 0.232. The highest BCUT2D eigenvalue weighted by Gasteiger charge is 2.36. The number of nitrogens with one attached hydrogen (secondary N) is 2. The zero-order valence-corrected chi connectivity index (χ0v) is 23.1. The molecule has 6 N–H and O–H groups in total. The van der Waals surface area contributed by atoms with E-state index in [4.69, 9.17) is 16.9 Å². The van der Waals surface area contributed by atoms with Gasteiger partial charge in [0, 0.05) is 24.7 Å². The lowest BCUT2D eigenvalue weighted by Gasteiger charge is -2.31. The van der Waals surface area contributed by atoms with Crippen molar-refractivity contribution in [2.24, 2.45) is 5.73 Å². The number of benzene rings is 3. The van der Waals surface area contributed by atoms with Crippen LogP contribution in [-0.4, -0.2) is 58.9 Å². The summed E-state index contributed by atoms with van der Waals surface area (Å²) in [5.74, 6) is 1.59. The number of carbonyl (C=O) groups excluding carboxylic acids is 2. The van der Waals surface area contributed by atoms with Crippen molar-refractivity contribution in [3.8, 4) is 23.5 Å². The fraction of sp³-hybridized carbons (Fsp3) is 0.281. The van der Waals surface area contributed by atoms with E-state index in [1.807, 2.05) is 48.5 Å². The number of aliphatic hydroxyl groups is 1. The summed E-state index contributed by atoms with van der Waals surface area (Å²) in [5.41, 5.74) is 10.9. The van der Waals surface area contributed by atoms with E-state index in [-0.39, 0.29) is 45.2 Å². The van der Waals surface area contributed by atoms with Gasteiger partial charge in [-0.25, -0.2) is 9.59 Å². The highest BCUT2D eigenvalue weighted by molar-refractivity contribution is 5.96. The molecular formula is C32H34N4O6. The molecule has 10 nitrogen and oxygen atoms in total. The molecule has 1 aliphatic rings. The number of hydrogen-bond donors (Lipinski definition) is 5. The molecule has 0 radical (unpaired) electrons. The zero-order valence-electron chi connectivity index (χ0n) is 23.1. The van der Waals surface area contributed by atoms with E-state index in [2.05, 4.69) is 16.6 Å². The second-order valence-electron chi connectivity index (χ2n) is 9.94. The van der Waals surface area contributed by atoms with Crippen LogP contribution in [0.25, 0.3) is 11.1 Å². The molecule has 0 unspecified atom stereocenters. The maximum absolute atomic E-state index is 13.7. The molecule has 0 spiro atoms. The van der Waals surface area contributed by atoms with E-state index in [9.17, 15) is 24.6 Å². The third-order valence-electron chi connectivity index (χ3n) is 7.31. The molecule has 0 aliphatic heterocycles. The highest BCUT2D eigenvalue weighted by Crippen LogP contribution is 2.45. The summed E-state index contributed by atoms with van der Waals surface area (Å²) in [6.07, 6.45) is 4.48. The van der Waals surface area contributed by atoms with E-state index in [0.717, 1.165) is 22.3 Å². The molecule has 0 bridgehead atoms. The Balaban J connectivity index is 1.62. The van der Waals surface area contributed by atoms with Crippen molar-refractivity contribution in [2.75, 3.05) is 25.0 Å². The number of carbonyl (C=O) groups is 3. The number of rotatable bonds is 13. The Morgan fingerprint density at radius 1 is 1.02 bits per heavy atom. The normalized spacial score (nSPS) is 12.5. The summed E-state index contributed by atoms with van der Waals surface area (Å²) >= 11 is 0. The molecule has 4 amide bonds. The van der Waals surface area contributed by atoms with Gasteiger partial charge < -0.3 is 31.3 Å². The van der Waals surface area contributed by atoms with Gasteiger partial charge in [-0.2, -0.15) is 0 Å². The Hall–Kier alpha value is -4.85. The van der Waals surface area contributed by atoms with E-state index >= 15 is 0 Å². The van der Waals surface area contributed by atoms with Crippen LogP contribution >= 0.6 is 0 Å². The van der Waals surface area contributed by atoms with Crippen LogP contribution in [0.3, 0.4) is 0 Å². The van der Waals surface area contributed by atoms with Crippen LogP contribution in [0.1, 0.15) is 41.0 Å². The Labute approximate surface area is 244 Å². The van der Waals surface area contributed by atoms with Crippen LogP contribution in [0, 0.1) is 12.3 Å². The number of carboxylic acid groups (broad SMARTS) is 1. The van der Waals surface area contributed by atoms with Crippen LogP contribution in [0.4, 0.5) is 15.3 Å². The molecule has 0 saturated heterocycles. The van der Waals surface area contributed by atoms with Crippen molar-refractivity contribution in [1.29, 1.82) is 0 Å². The summed E-state index contributed by atoms with van der Waals surface area (Å²) in [6, 6.07) is 18.9. The van der Waals surface area contributed by atoms with Crippen LogP contribution in [0.2, 0.25) is 0 Å². The number of ether oxygens (including phenoxy) is 1. The number of aliphatic hydroxyl groups excluding tert-OH is 1. The minimum atomic E-state index is -1.24. The number of primary amides is 1. The lowest BCUT2D eigenvalue weighted by atomic mass is 9.95. The molecule has 0 fully saturated rings. The second-order valence-corrected chi connectivity index (χ2v) is 9.94. The molecule has 1 aliphatic carbocycles. The summed E-state index contributed by atoms with van der Waals surface area (Å²) in [4.78, 5) is 38.8. The minimum Gasteiger partial charge on any atom is -0.465 e. The third-order valence-corrected chi connectivity index (χ3v) is 7.31. The van der Waals surface area contributed by atoms with Gasteiger partial charge in [-0.15, -0.1) is 6.42 Å². The number of anilines is 1. The quantitative estimate of drug-likeness (QED) is 0.155. The van der Waals surface area contributed by atoms with Crippen molar-refractivity contribution in [3.63, 3.8) is 0 Å². The number of terminal acetylenes is 1. The van der Waals surface area contributed by atoms with E-state index in [0.29, 0.717) is 23.2 Å². The van der Waals surface area contributed by atoms with Crippen molar-refractivity contribution >= 4 is 23.7 Å². The number of hydrogen-bond acceptors (Lipinski definition) is 5. The van der Waals surface area contributed by atoms with Crippen molar-refractivity contribution in [1.82, 2.24) is 10.2 Å². The van der Waals surface area contributed by atoms with Crippen LogP contribution in [-0.2, 0) is 22.7 Å². The number of urea groups is 1. The Morgan fingerprint density at radius 2 is 1.69 bits per heavy atom. The molecule has 0 heterocycles. The van der Waals surface area contributed by atoms with Crippen LogP contribution < -0.4 is 16.4 Å². The topological polar surface area (TPSA) is 154 Å². The Kier molecular flexibility index (Phi) is 10.2. The number of fused-ring (bicyclic) bond motifs is 3. The first kappa shape index (κ1) is 30.1. The van der Waals surface area contributed by atoms with Gasteiger partial charge in [0.25, 0.3) is 0 Å². The van der Waals surface area contributed by atoms with Gasteiger partial charge in [0.2, 0.25) is 5.91 Å². The smallest absolute Gasteiger partial charge is 0.408 e. The maximum atomic E-state index is 13.7. The average Bonchev–Trinajstić information content (AvgIpc) is 3.29. The number of nitrogens with zero attached hydrogens (tertiary/aromatic N) is 1. The van der Waals surface area contributed by atoms with Gasteiger partial charge in [-0.3, -0.25) is 9.69 Å². The summed E-state index contributed by atoms with van der Waals surface area (Å²) in [5, 5.41) is 25.4. The standard InChI is InChI=1S/C32H34N4O6/c1-2-16-42-20-22-17-23(14-13-21(22)19-37)35-30(38)29(12-7-15-34-31(33)39)36(32(40)41)18-28-26-10-5-3-8-24(26)25-9-4-6-11-27(25)28/h1,3-6,8-11,13-14,17,28-29,37H,7,12,15-16,18-20H2,(H,35,38)(H,40,41)(H3,33,34,39)/t29-/m0/s1. The molecule has 3 aromatic carbocycles. The molecule has 218 valence electrons. The molecule has 1 atom stereocenters. The van der Waals surface area contributed by atoms with Gasteiger partial charge >= 0.3 is 12.1 Å². The predicted molar refractivity (Wildman–Crippen MR) is 159 cm³/mol. The molecule has 42 heavy (non-hydrogen) atoms. The number of amides is 4. The van der Waals surface area contributed by atoms with Crippen LogP contribution in [0.15, 0.2) is 66.7 Å². The van der Waals surface area contributed by atoms with Gasteiger partial charge in [-0.05, 0) is 58.4 Å². The van der Waals surface area contributed by atoms with E-state index in [1.54, 1.807) is 18.2 Å². The first-order valence-electron chi connectivity index (χ1n) is 13.6. The lowest BCUT2D eigenvalue weighted by Crippen LogP contribution is -2.48. The van der Waals surface area contributed by atoms with Gasteiger partial charge in [0.15, 0.2) is 0 Å². The second kappa shape index (κ2) is 14.2. The monoisotopic (exact) mass is 570 g/mol. The molecule has 4 rings (SSSR count). The van der Waals surface area contributed by atoms with Gasteiger partial charge in [-0.1, -0.05) is 60.5 Å². The maximum Gasteiger partial charge on any atom is 0.408 e. The fourth-order valence-electron chi connectivity index (χ4n) is 5.37. The predicted octanol–water partition coefficient (Wildman–Crippen LogP) is 3.88. The molecule has 0 saturated carbocycles. The van der Waals surface area contributed by atoms with Crippen molar-refractivity contribution in [3.05, 3.63) is 89.0 Å². The third kappa shape index (κ3) is 7.07. The first-order valence-corrected chi connectivity index (χ1v) is 13.6. The Bertz CT molecular complexity index is 1440. The van der Waals surface area contributed by atoms with Gasteiger partial charge in [0.05, 0.1) is 13.2 Å². The molecule has 10 heteroatoms. The number of nitrogens with two attached hydrogens (primary N) is 1. The molecule has 0 aromatic heterocycles. The average molecular weight is 571 g/mol. The molecule has 3 aromatic rings. The lowest BCUT2D eigenvalue weighted by molar-refractivity contribution is -0.121. The van der Waals surface area contributed by atoms with E-state index in [1.165, 1.54) is 4.90 Å². The summed E-state index contributed by atoms with van der Waals surface area (Å²) < 4.78 is 5.41. The molecular weight excluding hydrogens is 536 g/mol.